The Morgan fingerprint density at radius 3 is 2.72 bits per heavy atom. The van der Waals surface area contributed by atoms with Crippen molar-refractivity contribution < 1.29 is 19.2 Å². The Morgan fingerprint density at radius 1 is 1.28 bits per heavy atom. The maximum Gasteiger partial charge on any atom is 0.293 e. The minimum atomic E-state index is -0.186. The van der Waals surface area contributed by atoms with Crippen molar-refractivity contribution in [2.24, 2.45) is 5.92 Å². The van der Waals surface area contributed by atoms with Crippen molar-refractivity contribution in [1.82, 2.24) is 15.8 Å². The molecule has 1 aliphatic rings. The van der Waals surface area contributed by atoms with E-state index in [2.05, 4.69) is 21.1 Å². The lowest BCUT2D eigenvalue weighted by atomic mass is 10.2. The van der Waals surface area contributed by atoms with E-state index >= 15 is 0 Å². The van der Waals surface area contributed by atoms with Crippen LogP contribution in [0.15, 0.2) is 29.6 Å². The third kappa shape index (κ3) is 5.68. The van der Waals surface area contributed by atoms with Crippen molar-refractivity contribution in [3.8, 4) is 17.0 Å². The van der Waals surface area contributed by atoms with Gasteiger partial charge in [-0.15, -0.1) is 11.3 Å². The number of benzene rings is 1. The van der Waals surface area contributed by atoms with Crippen LogP contribution in [0.5, 0.6) is 5.75 Å². The van der Waals surface area contributed by atoms with E-state index in [0.29, 0.717) is 6.54 Å². The number of hydrazine groups is 1. The molecule has 0 atom stereocenters. The molecule has 2 amide bonds. The zero-order chi connectivity index (χ0) is 20.8. The van der Waals surface area contributed by atoms with Crippen LogP contribution in [0.2, 0.25) is 0 Å². The average molecular weight is 419 g/mol. The molecule has 1 aliphatic heterocycles. The molecule has 1 aromatic heterocycles. The van der Waals surface area contributed by atoms with E-state index in [4.69, 9.17) is 9.72 Å². The van der Waals surface area contributed by atoms with E-state index in [1.165, 1.54) is 4.90 Å². The van der Waals surface area contributed by atoms with Gasteiger partial charge >= 0.3 is 0 Å². The number of methoxy groups -OCH3 is 1. The number of carbonyl (C=O) groups is 2. The molecule has 0 unspecified atom stereocenters. The molecule has 8 nitrogen and oxygen atoms in total. The predicted molar refractivity (Wildman–Crippen MR) is 113 cm³/mol. The largest absolute Gasteiger partial charge is 0.497 e. The Hall–Kier alpha value is -2.65. The Labute approximate surface area is 174 Å². The van der Waals surface area contributed by atoms with Crippen molar-refractivity contribution in [1.29, 1.82) is 0 Å². The summed E-state index contributed by atoms with van der Waals surface area (Å²) >= 11 is 1.63. The molecule has 2 aromatic rings. The molecule has 156 valence electrons. The molecule has 2 heterocycles. The van der Waals surface area contributed by atoms with Crippen LogP contribution in [0.4, 0.5) is 5.13 Å². The fourth-order valence-electron chi connectivity index (χ4n) is 3.06. The minimum Gasteiger partial charge on any atom is -0.497 e. The molecular weight excluding hydrogens is 390 g/mol. The lowest BCUT2D eigenvalue weighted by Gasteiger charge is -2.31. The summed E-state index contributed by atoms with van der Waals surface area (Å²) in [5.41, 5.74) is 6.93. The smallest absolute Gasteiger partial charge is 0.293 e. The Kier molecular flexibility index (Phi) is 7.05. The fourth-order valence-corrected chi connectivity index (χ4v) is 3.95. The van der Waals surface area contributed by atoms with Crippen molar-refractivity contribution in [3.63, 3.8) is 0 Å². The summed E-state index contributed by atoms with van der Waals surface area (Å²) in [6.45, 7) is 7.28. The molecule has 0 radical (unpaired) electrons. The van der Waals surface area contributed by atoms with Gasteiger partial charge in [-0.3, -0.25) is 20.4 Å². The summed E-state index contributed by atoms with van der Waals surface area (Å²) in [7, 11) is 1.66. The zero-order valence-corrected chi connectivity index (χ0v) is 17.8. The first-order valence-corrected chi connectivity index (χ1v) is 10.6. The fraction of sp³-hybridized carbons (Fsp3) is 0.450. The van der Waals surface area contributed by atoms with Crippen LogP contribution in [0.1, 0.15) is 13.8 Å². The van der Waals surface area contributed by atoms with Crippen LogP contribution in [0.3, 0.4) is 0 Å². The molecule has 0 bridgehead atoms. The van der Waals surface area contributed by atoms with Gasteiger partial charge in [0.05, 0.1) is 39.0 Å². The number of aromatic nitrogens is 1. The number of nitrogens with one attached hydrogen (secondary N) is 3. The number of nitrogens with zero attached hydrogens (tertiary/aromatic N) is 2. The summed E-state index contributed by atoms with van der Waals surface area (Å²) in [6, 6.07) is 7.89. The third-order valence-corrected chi connectivity index (χ3v) is 5.76. The van der Waals surface area contributed by atoms with Crippen molar-refractivity contribution in [3.05, 3.63) is 29.6 Å². The Morgan fingerprint density at radius 2 is 2.03 bits per heavy atom. The zero-order valence-electron chi connectivity index (χ0n) is 17.0. The third-order valence-electron chi connectivity index (χ3n) is 4.86. The number of hydrogen-bond acceptors (Lipinski definition) is 6. The minimum absolute atomic E-state index is 0.161. The van der Waals surface area contributed by atoms with Gasteiger partial charge in [-0.2, -0.15) is 0 Å². The van der Waals surface area contributed by atoms with Gasteiger partial charge in [0, 0.05) is 16.9 Å². The van der Waals surface area contributed by atoms with Crippen molar-refractivity contribution >= 4 is 28.3 Å². The summed E-state index contributed by atoms with van der Waals surface area (Å²) in [4.78, 5) is 31.8. The molecule has 29 heavy (non-hydrogen) atoms. The maximum absolute atomic E-state index is 12.0. The first kappa shape index (κ1) is 21.1. The van der Waals surface area contributed by atoms with Gasteiger partial charge in [0.1, 0.15) is 5.75 Å². The van der Waals surface area contributed by atoms with Gasteiger partial charge in [0.25, 0.3) is 5.91 Å². The molecule has 1 saturated heterocycles. The highest BCUT2D eigenvalue weighted by Crippen LogP contribution is 2.29. The molecule has 3 N–H and O–H groups in total. The lowest BCUT2D eigenvalue weighted by Crippen LogP contribution is -3.16. The number of anilines is 1. The van der Waals surface area contributed by atoms with E-state index in [9.17, 15) is 9.59 Å². The number of amides is 2. The van der Waals surface area contributed by atoms with Crippen molar-refractivity contribution in [2.75, 3.05) is 44.7 Å². The van der Waals surface area contributed by atoms with Gasteiger partial charge in [-0.1, -0.05) is 26.0 Å². The number of rotatable bonds is 6. The molecule has 0 saturated carbocycles. The topological polar surface area (TPSA) is 88.0 Å². The van der Waals surface area contributed by atoms with E-state index in [1.54, 1.807) is 32.3 Å². The number of thiazole rings is 1. The molecule has 0 spiro atoms. The van der Waals surface area contributed by atoms with Gasteiger partial charge in [-0.05, 0) is 12.1 Å². The number of quaternary nitrogens is 1. The summed E-state index contributed by atoms with van der Waals surface area (Å²) in [5, 5.41) is 3.06. The van der Waals surface area contributed by atoms with Gasteiger partial charge in [0.15, 0.2) is 11.7 Å². The number of hydrogen-bond donors (Lipinski definition) is 3. The second kappa shape index (κ2) is 9.71. The van der Waals surface area contributed by atoms with Crippen LogP contribution in [0.25, 0.3) is 11.3 Å². The molecule has 1 aromatic carbocycles. The van der Waals surface area contributed by atoms with Crippen LogP contribution in [-0.2, 0) is 9.59 Å². The van der Waals surface area contributed by atoms with E-state index in [0.717, 1.165) is 48.3 Å². The van der Waals surface area contributed by atoms with E-state index in [-0.39, 0.29) is 17.7 Å². The summed E-state index contributed by atoms with van der Waals surface area (Å²) in [6.07, 6.45) is 0. The number of piperazine rings is 1. The normalized spacial score (nSPS) is 14.7. The number of carbonyl (C=O) groups excluding carboxylic acids is 2. The van der Waals surface area contributed by atoms with E-state index in [1.807, 2.05) is 24.3 Å². The monoisotopic (exact) mass is 418 g/mol. The summed E-state index contributed by atoms with van der Waals surface area (Å²) < 4.78 is 5.29. The maximum atomic E-state index is 12.0. The van der Waals surface area contributed by atoms with Gasteiger partial charge in [0.2, 0.25) is 5.91 Å². The van der Waals surface area contributed by atoms with Crippen LogP contribution in [0, 0.1) is 5.92 Å². The highest BCUT2D eigenvalue weighted by molar-refractivity contribution is 7.14. The van der Waals surface area contributed by atoms with Gasteiger partial charge < -0.3 is 14.5 Å². The van der Waals surface area contributed by atoms with Gasteiger partial charge in [-0.25, -0.2) is 4.98 Å². The SMILES string of the molecule is COc1cccc(-c2csc(N3CC[NH+](CC(=O)NNC(=O)C(C)C)CC3)n2)c1. The molecule has 9 heteroatoms. The highest BCUT2D eigenvalue weighted by atomic mass is 32.1. The lowest BCUT2D eigenvalue weighted by molar-refractivity contribution is -0.892. The Balaban J connectivity index is 1.49. The van der Waals surface area contributed by atoms with E-state index < -0.39 is 0 Å². The quantitative estimate of drug-likeness (QED) is 0.589. The predicted octanol–water partition coefficient (Wildman–Crippen LogP) is 0.327. The molecular formula is C20H28N5O3S+. The first-order chi connectivity index (χ1) is 14.0. The molecule has 0 aliphatic carbocycles. The Bertz CT molecular complexity index is 846. The number of ether oxygens (including phenoxy) is 1. The molecule has 1 fully saturated rings. The van der Waals surface area contributed by atoms with Crippen LogP contribution in [-0.4, -0.2) is 56.6 Å². The second-order valence-electron chi connectivity index (χ2n) is 7.35. The average Bonchev–Trinajstić information content (AvgIpc) is 3.23. The highest BCUT2D eigenvalue weighted by Gasteiger charge is 2.24. The summed E-state index contributed by atoms with van der Waals surface area (Å²) in [5.74, 6) is 0.300. The second-order valence-corrected chi connectivity index (χ2v) is 8.19. The van der Waals surface area contributed by atoms with Crippen LogP contribution < -0.4 is 25.4 Å². The van der Waals surface area contributed by atoms with Crippen LogP contribution >= 0.6 is 11.3 Å². The first-order valence-electron chi connectivity index (χ1n) is 9.73. The van der Waals surface area contributed by atoms with Crippen molar-refractivity contribution in [2.45, 2.75) is 13.8 Å². The molecule has 3 rings (SSSR count). The standard InChI is InChI=1S/C20H27N5O3S/c1-14(2)19(27)23-22-18(26)12-24-7-9-25(10-8-24)20-21-17(13-29-20)15-5-4-6-16(11-15)28-3/h4-6,11,13-14H,7-10,12H2,1-3H3,(H,22,26)(H,23,27)/p+1.